The standard InChI is InChI=1S/C21H24N4O2/c1-11-17-14(19(26)22-11)9-15(23-17)12-7-6-8-13-18(12)24-16(10-21(2,3)4)25(5)20(13)27/h6-9,11,23H,10H2,1-5H3,(H,22,26)/t11-/m1/s1. The SMILES string of the molecule is C[C@H]1NC(=O)c2cc(-c3cccc4c(=O)n(C)c(CC(C)(C)C)nc34)[nH]c21. The molecule has 0 saturated heterocycles. The first kappa shape index (κ1) is 17.5. The maximum absolute atomic E-state index is 12.9. The molecule has 0 unspecified atom stereocenters. The average molecular weight is 364 g/mol. The second-order valence-electron chi connectivity index (χ2n) is 8.54. The lowest BCUT2D eigenvalue weighted by molar-refractivity contribution is 0.0958. The molecule has 1 aliphatic heterocycles. The summed E-state index contributed by atoms with van der Waals surface area (Å²) in [6, 6.07) is 7.42. The van der Waals surface area contributed by atoms with Crippen molar-refractivity contribution in [2.75, 3.05) is 0 Å². The highest BCUT2D eigenvalue weighted by molar-refractivity contribution is 6.01. The summed E-state index contributed by atoms with van der Waals surface area (Å²) in [4.78, 5) is 33.2. The van der Waals surface area contributed by atoms with Gasteiger partial charge in [-0.3, -0.25) is 14.2 Å². The van der Waals surface area contributed by atoms with Crippen LogP contribution in [0.4, 0.5) is 0 Å². The van der Waals surface area contributed by atoms with Crippen LogP contribution in [0.1, 0.15) is 55.6 Å². The van der Waals surface area contributed by atoms with Crippen LogP contribution in [0.15, 0.2) is 29.1 Å². The molecule has 2 aromatic heterocycles. The first-order valence-electron chi connectivity index (χ1n) is 9.18. The van der Waals surface area contributed by atoms with Gasteiger partial charge >= 0.3 is 0 Å². The Balaban J connectivity index is 1.95. The molecule has 0 bridgehead atoms. The van der Waals surface area contributed by atoms with Crippen molar-refractivity contribution in [1.29, 1.82) is 0 Å². The van der Waals surface area contributed by atoms with Crippen LogP contribution in [0, 0.1) is 5.41 Å². The molecule has 3 heterocycles. The van der Waals surface area contributed by atoms with Gasteiger partial charge < -0.3 is 10.3 Å². The smallest absolute Gasteiger partial charge is 0.261 e. The van der Waals surface area contributed by atoms with E-state index >= 15 is 0 Å². The number of aromatic nitrogens is 3. The third kappa shape index (κ3) is 2.85. The fraction of sp³-hybridized carbons (Fsp3) is 0.381. The molecule has 6 nitrogen and oxygen atoms in total. The summed E-state index contributed by atoms with van der Waals surface area (Å²) >= 11 is 0. The summed E-state index contributed by atoms with van der Waals surface area (Å²) in [7, 11) is 1.78. The Bertz CT molecular complexity index is 1130. The van der Waals surface area contributed by atoms with Crippen molar-refractivity contribution in [2.24, 2.45) is 12.5 Å². The number of aromatic amines is 1. The van der Waals surface area contributed by atoms with Crippen LogP contribution < -0.4 is 10.9 Å². The van der Waals surface area contributed by atoms with Gasteiger partial charge in [0.25, 0.3) is 11.5 Å². The van der Waals surface area contributed by atoms with E-state index in [1.54, 1.807) is 17.7 Å². The Morgan fingerprint density at radius 1 is 1.19 bits per heavy atom. The molecular weight excluding hydrogens is 340 g/mol. The largest absolute Gasteiger partial charge is 0.356 e. The molecule has 0 radical (unpaired) electrons. The zero-order valence-corrected chi connectivity index (χ0v) is 16.3. The predicted molar refractivity (Wildman–Crippen MR) is 106 cm³/mol. The second-order valence-corrected chi connectivity index (χ2v) is 8.54. The quantitative estimate of drug-likeness (QED) is 0.732. The Kier molecular flexibility index (Phi) is 3.77. The number of hydrogen-bond donors (Lipinski definition) is 2. The maximum Gasteiger partial charge on any atom is 0.261 e. The summed E-state index contributed by atoms with van der Waals surface area (Å²) in [5.41, 5.74) is 3.84. The minimum absolute atomic E-state index is 0.0148. The zero-order valence-electron chi connectivity index (χ0n) is 16.3. The molecule has 1 amide bonds. The van der Waals surface area contributed by atoms with E-state index in [1.165, 1.54) is 0 Å². The number of benzene rings is 1. The zero-order chi connectivity index (χ0) is 19.5. The summed E-state index contributed by atoms with van der Waals surface area (Å²) in [6.07, 6.45) is 0.698. The molecular formula is C21H24N4O2. The van der Waals surface area contributed by atoms with Crippen molar-refractivity contribution in [3.63, 3.8) is 0 Å². The molecule has 140 valence electrons. The van der Waals surface area contributed by atoms with Crippen molar-refractivity contribution in [3.05, 3.63) is 51.7 Å². The van der Waals surface area contributed by atoms with Gasteiger partial charge in [0.15, 0.2) is 0 Å². The van der Waals surface area contributed by atoms with Crippen molar-refractivity contribution in [1.82, 2.24) is 19.9 Å². The van der Waals surface area contributed by atoms with E-state index in [2.05, 4.69) is 31.1 Å². The summed E-state index contributed by atoms with van der Waals surface area (Å²) in [5, 5.41) is 3.47. The van der Waals surface area contributed by atoms with E-state index in [-0.39, 0.29) is 22.9 Å². The second kappa shape index (κ2) is 5.81. The van der Waals surface area contributed by atoms with Gasteiger partial charge in [-0.2, -0.15) is 0 Å². The number of nitrogens with one attached hydrogen (secondary N) is 2. The van der Waals surface area contributed by atoms with E-state index in [0.29, 0.717) is 22.9 Å². The van der Waals surface area contributed by atoms with E-state index in [0.717, 1.165) is 22.8 Å². The fourth-order valence-electron chi connectivity index (χ4n) is 3.68. The van der Waals surface area contributed by atoms with Crippen molar-refractivity contribution >= 4 is 16.8 Å². The number of rotatable bonds is 2. The minimum atomic E-state index is -0.0717. The first-order chi connectivity index (χ1) is 12.7. The van der Waals surface area contributed by atoms with Crippen molar-refractivity contribution in [2.45, 2.75) is 40.2 Å². The molecule has 1 atom stereocenters. The van der Waals surface area contributed by atoms with Gasteiger partial charge in [-0.25, -0.2) is 4.98 Å². The Morgan fingerprint density at radius 3 is 2.59 bits per heavy atom. The highest BCUT2D eigenvalue weighted by atomic mass is 16.2. The third-order valence-electron chi connectivity index (χ3n) is 5.05. The lowest BCUT2D eigenvalue weighted by atomic mass is 9.91. The van der Waals surface area contributed by atoms with E-state index in [9.17, 15) is 9.59 Å². The normalized spacial score (nSPS) is 16.6. The number of carbonyl (C=O) groups excluding carboxylic acids is 1. The highest BCUT2D eigenvalue weighted by Crippen LogP contribution is 2.32. The van der Waals surface area contributed by atoms with Crippen LogP contribution in [-0.2, 0) is 13.5 Å². The molecule has 3 aromatic rings. The number of amides is 1. The van der Waals surface area contributed by atoms with E-state index in [1.807, 2.05) is 25.1 Å². The summed E-state index contributed by atoms with van der Waals surface area (Å²) < 4.78 is 1.64. The molecule has 27 heavy (non-hydrogen) atoms. The van der Waals surface area contributed by atoms with E-state index < -0.39 is 0 Å². The van der Waals surface area contributed by atoms with Gasteiger partial charge in [0, 0.05) is 24.7 Å². The molecule has 2 N–H and O–H groups in total. The monoisotopic (exact) mass is 364 g/mol. The van der Waals surface area contributed by atoms with Crippen LogP contribution in [0.5, 0.6) is 0 Å². The number of carbonyl (C=O) groups is 1. The minimum Gasteiger partial charge on any atom is -0.356 e. The molecule has 0 aliphatic carbocycles. The van der Waals surface area contributed by atoms with E-state index in [4.69, 9.17) is 4.98 Å². The van der Waals surface area contributed by atoms with Crippen LogP contribution in [0.2, 0.25) is 0 Å². The number of H-pyrrole nitrogens is 1. The molecule has 1 aliphatic rings. The molecule has 6 heteroatoms. The number of hydrogen-bond acceptors (Lipinski definition) is 3. The topological polar surface area (TPSA) is 79.8 Å². The first-order valence-corrected chi connectivity index (χ1v) is 9.18. The number of nitrogens with zero attached hydrogens (tertiary/aromatic N) is 2. The van der Waals surface area contributed by atoms with Gasteiger partial charge in [0.2, 0.25) is 0 Å². The Labute approximate surface area is 157 Å². The van der Waals surface area contributed by atoms with Crippen LogP contribution >= 0.6 is 0 Å². The molecule has 1 aromatic carbocycles. The number of fused-ring (bicyclic) bond motifs is 2. The third-order valence-corrected chi connectivity index (χ3v) is 5.05. The highest BCUT2D eigenvalue weighted by Gasteiger charge is 2.28. The lowest BCUT2D eigenvalue weighted by Crippen LogP contribution is -2.25. The lowest BCUT2D eigenvalue weighted by Gasteiger charge is -2.20. The van der Waals surface area contributed by atoms with Gasteiger partial charge in [-0.15, -0.1) is 0 Å². The van der Waals surface area contributed by atoms with Gasteiger partial charge in [0.1, 0.15) is 5.82 Å². The molecule has 4 rings (SSSR count). The van der Waals surface area contributed by atoms with Crippen LogP contribution in [0.3, 0.4) is 0 Å². The fourth-order valence-corrected chi connectivity index (χ4v) is 3.68. The van der Waals surface area contributed by atoms with Crippen molar-refractivity contribution in [3.8, 4) is 11.3 Å². The van der Waals surface area contributed by atoms with Crippen molar-refractivity contribution < 1.29 is 4.79 Å². The maximum atomic E-state index is 12.9. The van der Waals surface area contributed by atoms with Gasteiger partial charge in [-0.05, 0) is 24.5 Å². The van der Waals surface area contributed by atoms with Gasteiger partial charge in [0.05, 0.1) is 28.2 Å². The molecule has 0 spiro atoms. The van der Waals surface area contributed by atoms with Gasteiger partial charge in [-0.1, -0.05) is 32.9 Å². The number of para-hydroxylation sites is 1. The Morgan fingerprint density at radius 2 is 1.93 bits per heavy atom. The average Bonchev–Trinajstić information content (AvgIpc) is 3.13. The molecule has 0 saturated carbocycles. The Hall–Kier alpha value is -2.89. The predicted octanol–water partition coefficient (Wildman–Crippen LogP) is 3.32. The van der Waals surface area contributed by atoms with Crippen LogP contribution in [0.25, 0.3) is 22.2 Å². The van der Waals surface area contributed by atoms with Crippen LogP contribution in [-0.4, -0.2) is 20.4 Å². The molecule has 0 fully saturated rings. The summed E-state index contributed by atoms with van der Waals surface area (Å²) in [5.74, 6) is 0.690. The summed E-state index contributed by atoms with van der Waals surface area (Å²) in [6.45, 7) is 8.34.